The minimum atomic E-state index is -1.35. The third-order valence-corrected chi connectivity index (χ3v) is 3.64. The lowest BCUT2D eigenvalue weighted by Crippen LogP contribution is -2.02. The maximum Gasteiger partial charge on any atom is 0.338 e. The first-order valence-electron chi connectivity index (χ1n) is 5.57. The summed E-state index contributed by atoms with van der Waals surface area (Å²) in [4.78, 5) is 11.2. The minimum Gasteiger partial charge on any atom is -0.478 e. The Balaban J connectivity index is 2.17. The molecule has 0 radical (unpaired) electrons. The Morgan fingerprint density at radius 3 is 2.50 bits per heavy atom. The smallest absolute Gasteiger partial charge is 0.338 e. The molecule has 0 spiro atoms. The largest absolute Gasteiger partial charge is 0.478 e. The van der Waals surface area contributed by atoms with Gasteiger partial charge in [-0.15, -0.1) is 11.8 Å². The quantitative estimate of drug-likeness (QED) is 0.864. The molecule has 0 bridgehead atoms. The third-order valence-electron chi connectivity index (χ3n) is 2.59. The Bertz CT molecular complexity index is 659. The first kappa shape index (κ1) is 14.5. The molecule has 104 valence electrons. The summed E-state index contributed by atoms with van der Waals surface area (Å²) in [5.74, 6) is -3.96. The Hall–Kier alpha value is -1.95. The number of hydrogen-bond acceptors (Lipinski definition) is 2. The van der Waals surface area contributed by atoms with E-state index in [1.807, 2.05) is 0 Å². The van der Waals surface area contributed by atoms with Crippen molar-refractivity contribution in [3.63, 3.8) is 0 Å². The molecule has 20 heavy (non-hydrogen) atoms. The molecule has 0 unspecified atom stereocenters. The van der Waals surface area contributed by atoms with Gasteiger partial charge in [-0.2, -0.15) is 0 Å². The molecule has 0 fully saturated rings. The van der Waals surface area contributed by atoms with Crippen LogP contribution in [0.5, 0.6) is 0 Å². The monoisotopic (exact) mass is 298 g/mol. The predicted molar refractivity (Wildman–Crippen MR) is 69.3 cm³/mol. The van der Waals surface area contributed by atoms with Gasteiger partial charge in [-0.3, -0.25) is 0 Å². The molecule has 6 heteroatoms. The Kier molecular flexibility index (Phi) is 4.34. The number of halogens is 3. The molecule has 0 heterocycles. The lowest BCUT2D eigenvalue weighted by molar-refractivity contribution is 0.0691. The van der Waals surface area contributed by atoms with E-state index in [0.717, 1.165) is 23.9 Å². The van der Waals surface area contributed by atoms with Gasteiger partial charge < -0.3 is 5.11 Å². The fraction of sp³-hybridized carbons (Fsp3) is 0.0714. The molecule has 2 aromatic carbocycles. The second-order valence-corrected chi connectivity index (χ2v) is 5.00. The molecular formula is C14H9F3O2S. The van der Waals surface area contributed by atoms with Crippen LogP contribution in [0.25, 0.3) is 0 Å². The van der Waals surface area contributed by atoms with Crippen molar-refractivity contribution in [3.8, 4) is 0 Å². The van der Waals surface area contributed by atoms with Gasteiger partial charge in [0, 0.05) is 10.6 Å². The highest BCUT2D eigenvalue weighted by Gasteiger charge is 2.14. The number of carbonyl (C=O) groups is 1. The molecule has 2 aromatic rings. The van der Waals surface area contributed by atoms with Crippen LogP contribution < -0.4 is 0 Å². The van der Waals surface area contributed by atoms with Gasteiger partial charge in [0.1, 0.15) is 5.82 Å². The number of rotatable bonds is 4. The van der Waals surface area contributed by atoms with Crippen molar-refractivity contribution in [2.75, 3.05) is 0 Å². The normalized spacial score (nSPS) is 10.6. The zero-order chi connectivity index (χ0) is 14.7. The zero-order valence-corrected chi connectivity index (χ0v) is 10.9. The molecule has 2 nitrogen and oxygen atoms in total. The molecule has 0 amide bonds. The van der Waals surface area contributed by atoms with Gasteiger partial charge in [-0.05, 0) is 29.8 Å². The average molecular weight is 298 g/mol. The topological polar surface area (TPSA) is 37.3 Å². The summed E-state index contributed by atoms with van der Waals surface area (Å²) in [6.45, 7) is 0. The lowest BCUT2D eigenvalue weighted by Gasteiger charge is -2.06. The SMILES string of the molecule is O=C(O)c1cccc(CSc2ccc(F)c(F)c2)c1F. The average Bonchev–Trinajstić information content (AvgIpc) is 2.41. The van der Waals surface area contributed by atoms with Gasteiger partial charge in [-0.25, -0.2) is 18.0 Å². The molecular weight excluding hydrogens is 289 g/mol. The Morgan fingerprint density at radius 2 is 1.85 bits per heavy atom. The third kappa shape index (κ3) is 3.14. The Morgan fingerprint density at radius 1 is 1.10 bits per heavy atom. The van der Waals surface area contributed by atoms with Crippen molar-refractivity contribution in [2.45, 2.75) is 10.6 Å². The van der Waals surface area contributed by atoms with Gasteiger partial charge in [-0.1, -0.05) is 12.1 Å². The van der Waals surface area contributed by atoms with Crippen molar-refractivity contribution in [1.29, 1.82) is 0 Å². The lowest BCUT2D eigenvalue weighted by atomic mass is 10.1. The number of carboxylic acid groups (broad SMARTS) is 1. The summed E-state index contributed by atoms with van der Waals surface area (Å²) in [6, 6.07) is 7.44. The van der Waals surface area contributed by atoms with E-state index in [4.69, 9.17) is 5.11 Å². The molecule has 0 saturated heterocycles. The fourth-order valence-electron chi connectivity index (χ4n) is 1.58. The molecule has 1 N–H and O–H groups in total. The molecule has 0 atom stereocenters. The number of thioether (sulfide) groups is 1. The van der Waals surface area contributed by atoms with Gasteiger partial charge >= 0.3 is 5.97 Å². The Labute approximate surface area is 117 Å². The van der Waals surface area contributed by atoms with Gasteiger partial charge in [0.15, 0.2) is 11.6 Å². The van der Waals surface area contributed by atoms with Gasteiger partial charge in [0.2, 0.25) is 0 Å². The molecule has 0 aliphatic rings. The van der Waals surface area contributed by atoms with E-state index in [1.165, 1.54) is 24.3 Å². The van der Waals surface area contributed by atoms with E-state index in [2.05, 4.69) is 0 Å². The van der Waals surface area contributed by atoms with E-state index in [-0.39, 0.29) is 11.3 Å². The highest BCUT2D eigenvalue weighted by atomic mass is 32.2. The summed E-state index contributed by atoms with van der Waals surface area (Å²) in [5.41, 5.74) is -0.215. The van der Waals surface area contributed by atoms with Crippen LogP contribution in [-0.4, -0.2) is 11.1 Å². The van der Waals surface area contributed by atoms with Crippen LogP contribution in [0, 0.1) is 17.5 Å². The summed E-state index contributed by atoms with van der Waals surface area (Å²) in [5, 5.41) is 8.80. The van der Waals surface area contributed by atoms with E-state index >= 15 is 0 Å². The summed E-state index contributed by atoms with van der Waals surface area (Å²) in [6.07, 6.45) is 0. The molecule has 0 aliphatic heterocycles. The van der Waals surface area contributed by atoms with Crippen LogP contribution in [0.15, 0.2) is 41.3 Å². The first-order valence-corrected chi connectivity index (χ1v) is 6.56. The second-order valence-electron chi connectivity index (χ2n) is 3.95. The number of benzene rings is 2. The second kappa shape index (κ2) is 6.00. The molecule has 2 rings (SSSR count). The van der Waals surface area contributed by atoms with Crippen molar-refractivity contribution in [2.24, 2.45) is 0 Å². The maximum absolute atomic E-state index is 13.8. The van der Waals surface area contributed by atoms with Crippen molar-refractivity contribution < 1.29 is 23.1 Å². The number of hydrogen-bond donors (Lipinski definition) is 1. The van der Waals surface area contributed by atoms with Gasteiger partial charge in [0.25, 0.3) is 0 Å². The van der Waals surface area contributed by atoms with Crippen LogP contribution in [-0.2, 0) is 5.75 Å². The van der Waals surface area contributed by atoms with Crippen LogP contribution in [0.3, 0.4) is 0 Å². The minimum absolute atomic E-state index is 0.123. The van der Waals surface area contributed by atoms with E-state index < -0.39 is 29.0 Å². The van der Waals surface area contributed by atoms with E-state index in [0.29, 0.717) is 4.90 Å². The maximum atomic E-state index is 13.8. The van der Waals surface area contributed by atoms with Gasteiger partial charge in [0.05, 0.1) is 5.56 Å². The van der Waals surface area contributed by atoms with Crippen molar-refractivity contribution in [1.82, 2.24) is 0 Å². The van der Waals surface area contributed by atoms with Crippen LogP contribution in [0.2, 0.25) is 0 Å². The van der Waals surface area contributed by atoms with Crippen LogP contribution in [0.4, 0.5) is 13.2 Å². The van der Waals surface area contributed by atoms with E-state index in [9.17, 15) is 18.0 Å². The summed E-state index contributed by atoms with van der Waals surface area (Å²) >= 11 is 1.09. The highest BCUT2D eigenvalue weighted by Crippen LogP contribution is 2.26. The summed E-state index contributed by atoms with van der Waals surface area (Å²) in [7, 11) is 0. The first-order chi connectivity index (χ1) is 9.49. The fourth-order valence-corrected chi connectivity index (χ4v) is 2.48. The van der Waals surface area contributed by atoms with Crippen molar-refractivity contribution in [3.05, 3.63) is 65.0 Å². The zero-order valence-electron chi connectivity index (χ0n) is 10.1. The molecule has 0 aliphatic carbocycles. The van der Waals surface area contributed by atoms with Crippen LogP contribution in [0.1, 0.15) is 15.9 Å². The standard InChI is InChI=1S/C14H9F3O2S/c15-11-5-4-9(6-12(11)16)20-7-8-2-1-3-10(13(8)17)14(18)19/h1-6H,7H2,(H,18,19). The number of aromatic carboxylic acids is 1. The highest BCUT2D eigenvalue weighted by molar-refractivity contribution is 7.98. The van der Waals surface area contributed by atoms with E-state index in [1.54, 1.807) is 0 Å². The molecule has 0 aromatic heterocycles. The molecule has 0 saturated carbocycles. The van der Waals surface area contributed by atoms with Crippen molar-refractivity contribution >= 4 is 17.7 Å². The number of carboxylic acids is 1. The van der Waals surface area contributed by atoms with Crippen LogP contribution >= 0.6 is 11.8 Å². The summed E-state index contributed by atoms with van der Waals surface area (Å²) < 4.78 is 39.6. The predicted octanol–water partition coefficient (Wildman–Crippen LogP) is 4.09.